The fourth-order valence-corrected chi connectivity index (χ4v) is 5.01. The lowest BCUT2D eigenvalue weighted by Crippen LogP contribution is -2.35. The Hall–Kier alpha value is -3.04. The van der Waals surface area contributed by atoms with Gasteiger partial charge in [-0.3, -0.25) is 0 Å². The maximum atomic E-state index is 6.08. The van der Waals surface area contributed by atoms with Gasteiger partial charge in [-0.05, 0) is 56.7 Å². The van der Waals surface area contributed by atoms with Crippen LogP contribution in [0.4, 0.5) is 11.8 Å². The van der Waals surface area contributed by atoms with Crippen LogP contribution in [0.5, 0.6) is 5.75 Å². The van der Waals surface area contributed by atoms with Crippen molar-refractivity contribution >= 4 is 34.4 Å². The number of anilines is 2. The molecule has 2 aromatic rings. The predicted octanol–water partition coefficient (Wildman–Crippen LogP) is 2.68. The molecule has 9 heteroatoms. The fraction of sp³-hybridized carbons (Fsp3) is 0.318. The molecule has 0 spiro atoms. The molecule has 2 unspecified atom stereocenters. The van der Waals surface area contributed by atoms with Crippen LogP contribution in [0.15, 0.2) is 41.0 Å². The van der Waals surface area contributed by atoms with E-state index in [0.29, 0.717) is 5.17 Å². The van der Waals surface area contributed by atoms with Crippen molar-refractivity contribution in [2.75, 3.05) is 17.2 Å². The Kier molecular flexibility index (Phi) is 4.86. The van der Waals surface area contributed by atoms with Gasteiger partial charge in [0.2, 0.25) is 5.95 Å². The molecule has 8 nitrogen and oxygen atoms in total. The number of nitrogens with one attached hydrogen (secondary N) is 1. The van der Waals surface area contributed by atoms with Gasteiger partial charge in [0.1, 0.15) is 23.0 Å². The summed E-state index contributed by atoms with van der Waals surface area (Å²) in [5.41, 5.74) is 18.0. The molecular weight excluding hydrogens is 410 g/mol. The molecule has 4 heterocycles. The van der Waals surface area contributed by atoms with E-state index in [2.05, 4.69) is 50.3 Å². The van der Waals surface area contributed by atoms with Crippen molar-refractivity contribution in [1.82, 2.24) is 15.3 Å². The topological polar surface area (TPSA) is 115 Å². The van der Waals surface area contributed by atoms with E-state index in [1.807, 2.05) is 26.0 Å². The minimum atomic E-state index is -0.111. The molecule has 0 saturated carbocycles. The molecular formula is C22H25N7OS. The summed E-state index contributed by atoms with van der Waals surface area (Å²) in [7, 11) is 0. The van der Waals surface area contributed by atoms with E-state index in [-0.39, 0.29) is 17.4 Å². The van der Waals surface area contributed by atoms with Gasteiger partial charge in [0.05, 0.1) is 11.4 Å². The largest absolute Gasteiger partial charge is 0.489 e. The second-order valence-corrected chi connectivity index (χ2v) is 9.03. The predicted molar refractivity (Wildman–Crippen MR) is 126 cm³/mol. The van der Waals surface area contributed by atoms with E-state index < -0.39 is 0 Å². The quantitative estimate of drug-likeness (QED) is 0.660. The summed E-state index contributed by atoms with van der Waals surface area (Å²) in [6.07, 6.45) is 4.22. The van der Waals surface area contributed by atoms with Gasteiger partial charge < -0.3 is 26.4 Å². The second-order valence-electron chi connectivity index (χ2n) is 7.93. The average molecular weight is 436 g/mol. The maximum Gasteiger partial charge on any atom is 0.222 e. The van der Waals surface area contributed by atoms with Crippen LogP contribution < -0.4 is 26.4 Å². The Morgan fingerprint density at radius 1 is 1.19 bits per heavy atom. The van der Waals surface area contributed by atoms with Crippen LogP contribution >= 0.6 is 11.8 Å². The van der Waals surface area contributed by atoms with E-state index in [1.54, 1.807) is 0 Å². The minimum Gasteiger partial charge on any atom is -0.489 e. The van der Waals surface area contributed by atoms with Gasteiger partial charge >= 0.3 is 0 Å². The van der Waals surface area contributed by atoms with Crippen molar-refractivity contribution in [2.24, 2.45) is 10.7 Å². The van der Waals surface area contributed by atoms with Crippen molar-refractivity contribution in [3.8, 4) is 5.75 Å². The van der Waals surface area contributed by atoms with Crippen molar-refractivity contribution < 1.29 is 4.74 Å². The van der Waals surface area contributed by atoms with Crippen molar-refractivity contribution in [3.63, 3.8) is 0 Å². The smallest absolute Gasteiger partial charge is 0.222 e. The van der Waals surface area contributed by atoms with Crippen molar-refractivity contribution in [3.05, 3.63) is 58.4 Å². The number of ether oxygens (including phenoxy) is 1. The van der Waals surface area contributed by atoms with Gasteiger partial charge in [-0.15, -0.1) is 0 Å². The number of nitrogen functional groups attached to an aromatic ring is 1. The summed E-state index contributed by atoms with van der Waals surface area (Å²) >= 11 is 1.51. The van der Waals surface area contributed by atoms with E-state index in [0.717, 1.165) is 58.4 Å². The summed E-state index contributed by atoms with van der Waals surface area (Å²) < 4.78 is 6.06. The third-order valence-electron chi connectivity index (χ3n) is 5.67. The van der Waals surface area contributed by atoms with Crippen LogP contribution in [-0.4, -0.2) is 33.2 Å². The molecule has 0 saturated heterocycles. The zero-order valence-corrected chi connectivity index (χ0v) is 18.5. The van der Waals surface area contributed by atoms with Gasteiger partial charge in [0, 0.05) is 29.9 Å². The lowest BCUT2D eigenvalue weighted by molar-refractivity contribution is 0.226. The Labute approximate surface area is 185 Å². The fourth-order valence-electron chi connectivity index (χ4n) is 4.05. The van der Waals surface area contributed by atoms with Crippen LogP contribution in [-0.2, 0) is 6.54 Å². The third kappa shape index (κ3) is 3.53. The number of allylic oxidation sites excluding steroid dienone is 2. The lowest BCUT2D eigenvalue weighted by Gasteiger charge is -2.35. The van der Waals surface area contributed by atoms with Gasteiger partial charge in [-0.25, -0.2) is 9.98 Å². The molecule has 3 aliphatic heterocycles. The zero-order chi connectivity index (χ0) is 21.7. The molecule has 0 amide bonds. The number of benzene rings is 1. The monoisotopic (exact) mass is 435 g/mol. The van der Waals surface area contributed by atoms with Crippen LogP contribution in [0.2, 0.25) is 0 Å². The summed E-state index contributed by atoms with van der Waals surface area (Å²) in [5, 5.41) is 3.88. The Morgan fingerprint density at radius 3 is 2.87 bits per heavy atom. The van der Waals surface area contributed by atoms with Crippen LogP contribution in [0.3, 0.4) is 0 Å². The first-order chi connectivity index (χ1) is 14.9. The van der Waals surface area contributed by atoms with E-state index in [4.69, 9.17) is 16.2 Å². The second kappa shape index (κ2) is 7.58. The number of amidine groups is 1. The summed E-state index contributed by atoms with van der Waals surface area (Å²) in [4.78, 5) is 15.6. The molecule has 0 fully saturated rings. The number of thioether (sulfide) groups is 1. The molecule has 2 atom stereocenters. The van der Waals surface area contributed by atoms with Crippen LogP contribution in [0.1, 0.15) is 29.3 Å². The maximum absolute atomic E-state index is 6.08. The standard InChI is InChI=1S/C22H25N7OS/c1-11-9-25-10-15-8-14(4-7-18(15)30-11)17-6-5-16-20(31-22(24)27-16)29(17)19-12(2)13(3)26-21(23)28-19/h4-8,11,20,25H,9-10H2,1-3H3,(H2,24,27)(H2,23,26,28). The van der Waals surface area contributed by atoms with E-state index in [9.17, 15) is 0 Å². The number of aromatic nitrogens is 2. The molecule has 160 valence electrons. The molecule has 0 aliphatic carbocycles. The highest BCUT2D eigenvalue weighted by Crippen LogP contribution is 2.43. The first kappa shape index (κ1) is 19.9. The molecule has 3 aliphatic rings. The highest BCUT2D eigenvalue weighted by molar-refractivity contribution is 8.14. The number of hydrogen-bond donors (Lipinski definition) is 3. The lowest BCUT2D eigenvalue weighted by atomic mass is 10.0. The number of fused-ring (bicyclic) bond motifs is 2. The van der Waals surface area contributed by atoms with Gasteiger partial charge in [0.25, 0.3) is 0 Å². The Balaban J connectivity index is 1.64. The normalized spacial score (nSPS) is 22.5. The summed E-state index contributed by atoms with van der Waals surface area (Å²) in [6, 6.07) is 6.31. The molecule has 31 heavy (non-hydrogen) atoms. The zero-order valence-electron chi connectivity index (χ0n) is 17.7. The molecule has 0 bridgehead atoms. The minimum absolute atomic E-state index is 0.111. The number of aliphatic imine (C=N–C) groups is 1. The SMILES string of the molecule is Cc1nc(N)nc(N2C(c3ccc4c(c3)CNCC(C)O4)=CC=C3N=C(N)SC32)c1C. The summed E-state index contributed by atoms with van der Waals surface area (Å²) in [5.74, 6) is 1.93. The molecule has 1 aromatic heterocycles. The number of aryl methyl sites for hydroxylation is 1. The van der Waals surface area contributed by atoms with Gasteiger partial charge in [0.15, 0.2) is 5.17 Å². The van der Waals surface area contributed by atoms with Gasteiger partial charge in [-0.1, -0.05) is 11.8 Å². The van der Waals surface area contributed by atoms with Crippen molar-refractivity contribution in [2.45, 2.75) is 38.8 Å². The number of nitrogens with zero attached hydrogens (tertiary/aromatic N) is 4. The summed E-state index contributed by atoms with van der Waals surface area (Å²) in [6.45, 7) is 7.60. The molecule has 5 rings (SSSR count). The Bertz CT molecular complexity index is 1160. The highest BCUT2D eigenvalue weighted by atomic mass is 32.2. The first-order valence-electron chi connectivity index (χ1n) is 10.2. The first-order valence-corrected chi connectivity index (χ1v) is 11.1. The van der Waals surface area contributed by atoms with Crippen LogP contribution in [0, 0.1) is 13.8 Å². The molecule has 1 aromatic carbocycles. The number of rotatable bonds is 2. The van der Waals surface area contributed by atoms with E-state index in [1.165, 1.54) is 11.8 Å². The van der Waals surface area contributed by atoms with Crippen LogP contribution in [0.25, 0.3) is 5.70 Å². The number of hydrogen-bond acceptors (Lipinski definition) is 9. The Morgan fingerprint density at radius 2 is 2.03 bits per heavy atom. The third-order valence-corrected chi connectivity index (χ3v) is 6.68. The average Bonchev–Trinajstić information content (AvgIpc) is 3.00. The van der Waals surface area contributed by atoms with Gasteiger partial charge in [-0.2, -0.15) is 4.98 Å². The number of nitrogens with two attached hydrogens (primary N) is 2. The molecule has 0 radical (unpaired) electrons. The highest BCUT2D eigenvalue weighted by Gasteiger charge is 2.36. The van der Waals surface area contributed by atoms with E-state index >= 15 is 0 Å². The van der Waals surface area contributed by atoms with Crippen molar-refractivity contribution in [1.29, 1.82) is 0 Å². The molecule has 5 N–H and O–H groups in total.